The number of nitrogens with zero attached hydrogens (tertiary/aromatic N) is 2. The lowest BCUT2D eigenvalue weighted by Gasteiger charge is -2.31. The Hall–Kier alpha value is -1.89. The molecular weight excluding hydrogens is 543 g/mol. The number of rotatable bonds is 8. The van der Waals surface area contributed by atoms with Gasteiger partial charge in [0.05, 0.1) is 12.8 Å². The van der Waals surface area contributed by atoms with Crippen LogP contribution in [-0.2, 0) is 13.8 Å². The van der Waals surface area contributed by atoms with Crippen LogP contribution in [0.3, 0.4) is 0 Å². The monoisotopic (exact) mass is 562 g/mol. The lowest BCUT2D eigenvalue weighted by Crippen LogP contribution is -2.40. The van der Waals surface area contributed by atoms with E-state index in [1.807, 2.05) is 12.1 Å². The number of nitrogens with one attached hydrogen (secondary N) is 2. The van der Waals surface area contributed by atoms with Crippen LogP contribution < -0.4 is 18.9 Å². The molecule has 2 aromatic rings. The molecule has 2 heterocycles. The highest BCUT2D eigenvalue weighted by Crippen LogP contribution is 2.44. The largest absolute Gasteiger partial charge is 0.493 e. The summed E-state index contributed by atoms with van der Waals surface area (Å²) in [5, 5.41) is 0.0348. The minimum absolute atomic E-state index is 0.0348. The first-order chi connectivity index (χ1) is 14.3. The third-order valence-corrected chi connectivity index (χ3v) is 6.83. The van der Waals surface area contributed by atoms with Crippen LogP contribution in [-0.4, -0.2) is 32.2 Å². The lowest BCUT2D eigenvalue weighted by atomic mass is 10.0. The summed E-state index contributed by atoms with van der Waals surface area (Å²) in [7, 11) is -2.31. The summed E-state index contributed by atoms with van der Waals surface area (Å²) in [6, 6.07) is 10.6. The Labute approximate surface area is 194 Å². The second kappa shape index (κ2) is 9.50. The number of methoxy groups -OCH3 is 1. The van der Waals surface area contributed by atoms with Crippen LogP contribution in [0.4, 0.5) is 0 Å². The van der Waals surface area contributed by atoms with Crippen LogP contribution in [0.2, 0.25) is 0 Å². The smallest absolute Gasteiger partial charge is 0.298 e. The van der Waals surface area contributed by atoms with Crippen LogP contribution in [0, 0.1) is 0 Å². The summed E-state index contributed by atoms with van der Waals surface area (Å²) in [5.41, 5.74) is 1.10. The van der Waals surface area contributed by atoms with E-state index < -0.39 is 13.8 Å². The third kappa shape index (κ3) is 5.23. The van der Waals surface area contributed by atoms with Gasteiger partial charge >= 0.3 is 0 Å². The molecule has 3 rings (SSSR count). The maximum atomic E-state index is 12.4. The first-order valence-electron chi connectivity index (χ1n) is 8.94. The Morgan fingerprint density at radius 3 is 2.50 bits per heavy atom. The van der Waals surface area contributed by atoms with Crippen LogP contribution in [0.5, 0.6) is 11.5 Å². The normalized spacial score (nSPS) is 19.3. The molecule has 2 N–H and O–H groups in total. The third-order valence-electron chi connectivity index (χ3n) is 4.14. The molecule has 0 aliphatic carbocycles. The number of allylic oxidation sites excluding steroid dienone is 1. The summed E-state index contributed by atoms with van der Waals surface area (Å²) < 4.78 is 40.3. The van der Waals surface area contributed by atoms with E-state index in [0.717, 1.165) is 5.56 Å². The van der Waals surface area contributed by atoms with E-state index in [9.17, 15) is 8.42 Å². The van der Waals surface area contributed by atoms with Gasteiger partial charge in [-0.2, -0.15) is 13.1 Å². The van der Waals surface area contributed by atoms with E-state index in [0.29, 0.717) is 11.5 Å². The van der Waals surface area contributed by atoms with Crippen LogP contribution in [0.25, 0.3) is 0 Å². The number of alkyl halides is 1. The summed E-state index contributed by atoms with van der Waals surface area (Å²) >= 11 is 8.66. The molecule has 1 aromatic carbocycles. The fourth-order valence-electron chi connectivity index (χ4n) is 2.85. The number of benzene rings is 1. The van der Waals surface area contributed by atoms with Crippen molar-refractivity contribution in [2.45, 2.75) is 16.9 Å². The number of hydrogen-bond donors (Lipinski definition) is 2. The molecule has 1 atom stereocenters. The van der Waals surface area contributed by atoms with Crippen molar-refractivity contribution in [1.82, 2.24) is 14.4 Å². The Kier molecular flexibility index (Phi) is 7.22. The molecule has 30 heavy (non-hydrogen) atoms. The number of hydrogen-bond acceptors (Lipinski definition) is 6. The molecule has 0 amide bonds. The van der Waals surface area contributed by atoms with Gasteiger partial charge in [0, 0.05) is 25.4 Å². The summed E-state index contributed by atoms with van der Waals surface area (Å²) in [6.07, 6.45) is 3.49. The van der Waals surface area contributed by atoms with Gasteiger partial charge in [-0.05, 0) is 52.4 Å². The Balaban J connectivity index is 2.06. The predicted octanol–water partition coefficient (Wildman–Crippen LogP) is 3.45. The SMILES string of the molecule is CCNS(=O)(=O)NC1=C(Oc2ccccc2OC)C(Cl)=N[C@@](I)(c2ccncc2)C1. The van der Waals surface area contributed by atoms with Crippen molar-refractivity contribution in [2.75, 3.05) is 13.7 Å². The van der Waals surface area contributed by atoms with Gasteiger partial charge in [0.2, 0.25) is 0 Å². The van der Waals surface area contributed by atoms with E-state index >= 15 is 0 Å². The van der Waals surface area contributed by atoms with E-state index in [-0.39, 0.29) is 29.6 Å². The predicted molar refractivity (Wildman–Crippen MR) is 124 cm³/mol. The quantitative estimate of drug-likeness (QED) is 0.292. The van der Waals surface area contributed by atoms with Crippen molar-refractivity contribution < 1.29 is 17.9 Å². The molecule has 0 bridgehead atoms. The fraction of sp³-hybridized carbons (Fsp3) is 0.263. The zero-order chi connectivity index (χ0) is 21.8. The minimum atomic E-state index is -3.83. The molecule has 0 radical (unpaired) electrons. The van der Waals surface area contributed by atoms with E-state index in [2.05, 4.69) is 42.0 Å². The van der Waals surface area contributed by atoms with Crippen LogP contribution >= 0.6 is 34.2 Å². The van der Waals surface area contributed by atoms with Crippen molar-refractivity contribution in [2.24, 2.45) is 4.99 Å². The summed E-state index contributed by atoms with van der Waals surface area (Å²) in [5.74, 6) is 0.973. The highest BCUT2D eigenvalue weighted by atomic mass is 127. The molecule has 0 saturated heterocycles. The number of aromatic nitrogens is 1. The zero-order valence-electron chi connectivity index (χ0n) is 16.2. The fourth-order valence-corrected chi connectivity index (χ4v) is 5.21. The molecule has 1 aromatic heterocycles. The number of pyridine rings is 1. The highest BCUT2D eigenvalue weighted by molar-refractivity contribution is 14.1. The van der Waals surface area contributed by atoms with Crippen molar-refractivity contribution >= 4 is 49.6 Å². The first kappa shape index (κ1) is 22.8. The number of aliphatic imine (C=N–C) groups is 1. The Morgan fingerprint density at radius 1 is 1.20 bits per heavy atom. The van der Waals surface area contributed by atoms with Gasteiger partial charge in [-0.1, -0.05) is 30.7 Å². The second-order valence-corrected chi connectivity index (χ2v) is 9.88. The van der Waals surface area contributed by atoms with Crippen molar-refractivity contribution in [3.8, 4) is 11.5 Å². The number of ether oxygens (including phenoxy) is 2. The Bertz CT molecular complexity index is 1080. The summed E-state index contributed by atoms with van der Waals surface area (Å²) in [6.45, 7) is 1.92. The van der Waals surface area contributed by atoms with Crippen molar-refractivity contribution in [3.05, 3.63) is 65.8 Å². The van der Waals surface area contributed by atoms with E-state index in [4.69, 9.17) is 21.1 Å². The van der Waals surface area contributed by atoms with Gasteiger partial charge in [-0.15, -0.1) is 0 Å². The molecular formula is C19H20ClIN4O4S. The molecule has 8 nitrogen and oxygen atoms in total. The molecule has 0 saturated carbocycles. The van der Waals surface area contributed by atoms with Gasteiger partial charge < -0.3 is 9.47 Å². The maximum Gasteiger partial charge on any atom is 0.298 e. The minimum Gasteiger partial charge on any atom is -0.493 e. The standard InChI is InChI=1S/C19H20ClIN4O4S/c1-3-23-30(26,27)25-14-12-19(21,13-8-10-22-11-9-13)24-18(20)17(14)29-16-7-5-4-6-15(16)28-2/h4-11,23,25H,3,12H2,1-2H3/t19-/m1/s1. The van der Waals surface area contributed by atoms with Gasteiger partial charge in [0.25, 0.3) is 10.2 Å². The lowest BCUT2D eigenvalue weighted by molar-refractivity contribution is 0.365. The van der Waals surface area contributed by atoms with Crippen molar-refractivity contribution in [1.29, 1.82) is 0 Å². The first-order valence-corrected chi connectivity index (χ1v) is 11.9. The van der Waals surface area contributed by atoms with Gasteiger partial charge in [0.1, 0.15) is 3.55 Å². The van der Waals surface area contributed by atoms with Crippen molar-refractivity contribution in [3.63, 3.8) is 0 Å². The number of para-hydroxylation sites is 2. The number of halogens is 2. The molecule has 0 fully saturated rings. The zero-order valence-corrected chi connectivity index (χ0v) is 20.0. The molecule has 0 unspecified atom stereocenters. The molecule has 0 spiro atoms. The van der Waals surface area contributed by atoms with E-state index in [1.165, 1.54) is 7.11 Å². The molecule has 11 heteroatoms. The molecule has 1 aliphatic rings. The molecule has 1 aliphatic heterocycles. The van der Waals surface area contributed by atoms with E-state index in [1.54, 1.807) is 43.6 Å². The summed E-state index contributed by atoms with van der Waals surface area (Å²) in [4.78, 5) is 8.63. The Morgan fingerprint density at radius 2 is 1.87 bits per heavy atom. The molecule has 160 valence electrons. The maximum absolute atomic E-state index is 12.4. The van der Waals surface area contributed by atoms with Gasteiger partial charge in [-0.3, -0.25) is 9.71 Å². The van der Waals surface area contributed by atoms with Gasteiger partial charge in [0.15, 0.2) is 22.4 Å². The number of dihydropyridines is 1. The van der Waals surface area contributed by atoms with Crippen LogP contribution in [0.1, 0.15) is 18.9 Å². The van der Waals surface area contributed by atoms with Gasteiger partial charge in [-0.25, -0.2) is 4.99 Å². The average molecular weight is 563 g/mol. The van der Waals surface area contributed by atoms with Crippen LogP contribution in [0.15, 0.2) is 65.2 Å². The highest BCUT2D eigenvalue weighted by Gasteiger charge is 2.38. The second-order valence-electron chi connectivity index (χ2n) is 6.24. The topological polar surface area (TPSA) is 102 Å². The average Bonchev–Trinajstić information content (AvgIpc) is 2.71.